The first-order valence-electron chi connectivity index (χ1n) is 7.67. The Morgan fingerprint density at radius 3 is 3.04 bits per heavy atom. The highest BCUT2D eigenvalue weighted by Crippen LogP contribution is 2.35. The van der Waals surface area contributed by atoms with Crippen LogP contribution in [0.5, 0.6) is 0 Å². The molecule has 1 unspecified atom stereocenters. The minimum absolute atomic E-state index is 0.0101. The molecule has 0 aliphatic carbocycles. The lowest BCUT2D eigenvalue weighted by atomic mass is 10.2. The van der Waals surface area contributed by atoms with Gasteiger partial charge in [0, 0.05) is 35.8 Å². The van der Waals surface area contributed by atoms with Crippen LogP contribution < -0.4 is 0 Å². The van der Waals surface area contributed by atoms with Gasteiger partial charge in [-0.1, -0.05) is 0 Å². The van der Waals surface area contributed by atoms with E-state index in [0.29, 0.717) is 0 Å². The standard InChI is InChI=1S/C16H17N5OS/c1-9-11(7-18-20-9)14-6-12-15(23-14)8-17-16(19-12)13-4-3-5-21(13)10(2)22/h6-8,13H,3-5H2,1-2H3,(H,18,20). The number of fused-ring (bicyclic) bond motifs is 1. The first-order chi connectivity index (χ1) is 11.1. The van der Waals surface area contributed by atoms with Gasteiger partial charge in [-0.05, 0) is 25.8 Å². The van der Waals surface area contributed by atoms with Crippen molar-refractivity contribution < 1.29 is 4.79 Å². The van der Waals surface area contributed by atoms with Crippen molar-refractivity contribution in [3.05, 3.63) is 30.0 Å². The number of amides is 1. The number of hydrogen-bond acceptors (Lipinski definition) is 5. The third-order valence-electron chi connectivity index (χ3n) is 4.34. The molecule has 0 radical (unpaired) electrons. The van der Waals surface area contributed by atoms with Crippen molar-refractivity contribution in [2.75, 3.05) is 6.54 Å². The Morgan fingerprint density at radius 2 is 2.30 bits per heavy atom. The number of H-pyrrole nitrogens is 1. The van der Waals surface area contributed by atoms with E-state index in [0.717, 1.165) is 51.6 Å². The van der Waals surface area contributed by atoms with Gasteiger partial charge < -0.3 is 4.90 Å². The van der Waals surface area contributed by atoms with E-state index in [-0.39, 0.29) is 11.9 Å². The molecule has 1 fully saturated rings. The molecule has 0 spiro atoms. The van der Waals surface area contributed by atoms with E-state index in [9.17, 15) is 4.79 Å². The lowest BCUT2D eigenvalue weighted by Crippen LogP contribution is -2.29. The Kier molecular flexibility index (Phi) is 3.37. The Labute approximate surface area is 137 Å². The van der Waals surface area contributed by atoms with Crippen molar-refractivity contribution in [1.82, 2.24) is 25.1 Å². The highest BCUT2D eigenvalue weighted by atomic mass is 32.1. The van der Waals surface area contributed by atoms with Crippen molar-refractivity contribution in [2.24, 2.45) is 0 Å². The van der Waals surface area contributed by atoms with Crippen LogP contribution in [-0.4, -0.2) is 37.5 Å². The van der Waals surface area contributed by atoms with Crippen LogP contribution >= 0.6 is 11.3 Å². The third-order valence-corrected chi connectivity index (χ3v) is 5.43. The van der Waals surface area contributed by atoms with Gasteiger partial charge in [-0.25, -0.2) is 9.97 Å². The molecular weight excluding hydrogens is 310 g/mol. The number of aryl methyl sites for hydroxylation is 1. The van der Waals surface area contributed by atoms with Crippen LogP contribution in [0.2, 0.25) is 0 Å². The molecule has 1 saturated heterocycles. The molecular formula is C16H17N5OS. The number of hydrogen-bond donors (Lipinski definition) is 1. The summed E-state index contributed by atoms with van der Waals surface area (Å²) in [5, 5.41) is 7.04. The minimum Gasteiger partial charge on any atom is -0.333 e. The van der Waals surface area contributed by atoms with Crippen LogP contribution in [-0.2, 0) is 4.79 Å². The number of rotatable bonds is 2. The van der Waals surface area contributed by atoms with Crippen molar-refractivity contribution in [3.8, 4) is 10.4 Å². The van der Waals surface area contributed by atoms with Gasteiger partial charge in [0.25, 0.3) is 0 Å². The predicted molar refractivity (Wildman–Crippen MR) is 89.1 cm³/mol. The molecule has 4 rings (SSSR count). The number of nitrogens with zero attached hydrogens (tertiary/aromatic N) is 4. The van der Waals surface area contributed by atoms with Gasteiger partial charge in [-0.3, -0.25) is 9.89 Å². The topological polar surface area (TPSA) is 74.8 Å². The molecule has 1 N–H and O–H groups in total. The molecule has 3 aromatic rings. The van der Waals surface area contributed by atoms with Crippen molar-refractivity contribution in [1.29, 1.82) is 0 Å². The van der Waals surface area contributed by atoms with E-state index in [2.05, 4.69) is 21.2 Å². The van der Waals surface area contributed by atoms with E-state index < -0.39 is 0 Å². The van der Waals surface area contributed by atoms with E-state index >= 15 is 0 Å². The first-order valence-corrected chi connectivity index (χ1v) is 8.49. The number of carbonyl (C=O) groups excluding carboxylic acids is 1. The van der Waals surface area contributed by atoms with E-state index in [1.165, 1.54) is 0 Å². The van der Waals surface area contributed by atoms with Gasteiger partial charge in [0.05, 0.1) is 22.5 Å². The first kappa shape index (κ1) is 14.3. The maximum atomic E-state index is 11.8. The van der Waals surface area contributed by atoms with Gasteiger partial charge in [0.2, 0.25) is 5.91 Å². The molecule has 118 valence electrons. The molecule has 23 heavy (non-hydrogen) atoms. The molecule has 0 saturated carbocycles. The number of thiophene rings is 1. The zero-order valence-corrected chi connectivity index (χ0v) is 13.9. The van der Waals surface area contributed by atoms with Crippen molar-refractivity contribution in [3.63, 3.8) is 0 Å². The van der Waals surface area contributed by atoms with E-state index in [4.69, 9.17) is 4.98 Å². The van der Waals surface area contributed by atoms with Crippen LogP contribution in [0.15, 0.2) is 18.5 Å². The second-order valence-electron chi connectivity index (χ2n) is 5.87. The van der Waals surface area contributed by atoms with E-state index in [1.54, 1.807) is 18.3 Å². The predicted octanol–water partition coefficient (Wildman–Crippen LogP) is 3.07. The number of aromatic amines is 1. The largest absolute Gasteiger partial charge is 0.333 e. The molecule has 1 aliphatic heterocycles. The maximum absolute atomic E-state index is 11.8. The Hall–Kier alpha value is -2.28. The number of aromatic nitrogens is 4. The van der Waals surface area contributed by atoms with Gasteiger partial charge in [0.15, 0.2) is 5.82 Å². The normalized spacial score (nSPS) is 18.0. The molecule has 3 aromatic heterocycles. The summed E-state index contributed by atoms with van der Waals surface area (Å²) in [7, 11) is 0. The number of likely N-dealkylation sites (tertiary alicyclic amines) is 1. The summed E-state index contributed by atoms with van der Waals surface area (Å²) in [6.07, 6.45) is 5.65. The molecule has 6 nitrogen and oxygen atoms in total. The monoisotopic (exact) mass is 327 g/mol. The smallest absolute Gasteiger partial charge is 0.220 e. The quantitative estimate of drug-likeness (QED) is 0.785. The minimum atomic E-state index is 0.0101. The number of carbonyl (C=O) groups is 1. The summed E-state index contributed by atoms with van der Waals surface area (Å²) in [5.74, 6) is 0.842. The highest BCUT2D eigenvalue weighted by molar-refractivity contribution is 7.22. The SMILES string of the molecule is CC(=O)N1CCCC1c1ncc2sc(-c3cn[nH]c3C)cc2n1. The van der Waals surface area contributed by atoms with Crippen molar-refractivity contribution >= 4 is 27.5 Å². The fourth-order valence-electron chi connectivity index (χ4n) is 3.16. The molecule has 1 aliphatic rings. The molecule has 4 heterocycles. The second kappa shape index (κ2) is 5.42. The summed E-state index contributed by atoms with van der Waals surface area (Å²) in [6.45, 7) is 4.42. The third kappa shape index (κ3) is 2.41. The molecule has 0 aromatic carbocycles. The molecule has 7 heteroatoms. The lowest BCUT2D eigenvalue weighted by Gasteiger charge is -2.21. The molecule has 1 atom stereocenters. The van der Waals surface area contributed by atoms with Crippen LogP contribution in [0.3, 0.4) is 0 Å². The van der Waals surface area contributed by atoms with Gasteiger partial charge in [0.1, 0.15) is 0 Å². The van der Waals surface area contributed by atoms with Gasteiger partial charge >= 0.3 is 0 Å². The summed E-state index contributed by atoms with van der Waals surface area (Å²) < 4.78 is 1.05. The summed E-state index contributed by atoms with van der Waals surface area (Å²) in [6, 6.07) is 2.09. The van der Waals surface area contributed by atoms with Gasteiger partial charge in [-0.15, -0.1) is 11.3 Å². The van der Waals surface area contributed by atoms with Crippen LogP contribution in [0.1, 0.15) is 37.3 Å². The Bertz CT molecular complexity index is 884. The molecule has 0 bridgehead atoms. The van der Waals surface area contributed by atoms with Crippen LogP contribution in [0, 0.1) is 6.92 Å². The van der Waals surface area contributed by atoms with Crippen molar-refractivity contribution in [2.45, 2.75) is 32.7 Å². The fraction of sp³-hybridized carbons (Fsp3) is 0.375. The zero-order valence-electron chi connectivity index (χ0n) is 13.0. The maximum Gasteiger partial charge on any atom is 0.220 e. The van der Waals surface area contributed by atoms with Crippen LogP contribution in [0.25, 0.3) is 20.7 Å². The zero-order chi connectivity index (χ0) is 16.0. The Morgan fingerprint density at radius 1 is 1.43 bits per heavy atom. The number of nitrogens with one attached hydrogen (secondary N) is 1. The van der Waals surface area contributed by atoms with E-state index in [1.807, 2.05) is 24.2 Å². The van der Waals surface area contributed by atoms with Gasteiger partial charge in [-0.2, -0.15) is 5.10 Å². The fourth-order valence-corrected chi connectivity index (χ4v) is 4.19. The molecule has 1 amide bonds. The summed E-state index contributed by atoms with van der Waals surface area (Å²) in [5.41, 5.74) is 3.08. The highest BCUT2D eigenvalue weighted by Gasteiger charge is 2.30. The second-order valence-corrected chi connectivity index (χ2v) is 6.95. The average Bonchev–Trinajstić information content (AvgIpc) is 3.24. The summed E-state index contributed by atoms with van der Waals surface area (Å²) >= 11 is 1.66. The summed E-state index contributed by atoms with van der Waals surface area (Å²) in [4.78, 5) is 24.0. The average molecular weight is 327 g/mol. The lowest BCUT2D eigenvalue weighted by molar-refractivity contribution is -0.129. The Balaban J connectivity index is 1.74. The van der Waals surface area contributed by atoms with Crippen LogP contribution in [0.4, 0.5) is 0 Å².